The van der Waals surface area contributed by atoms with Crippen molar-refractivity contribution in [3.63, 3.8) is 0 Å². The smallest absolute Gasteiger partial charge is 0.138 e. The van der Waals surface area contributed by atoms with Gasteiger partial charge in [0.15, 0.2) is 0 Å². The highest BCUT2D eigenvalue weighted by Crippen LogP contribution is 2.31. The monoisotopic (exact) mass is 227 g/mol. The summed E-state index contributed by atoms with van der Waals surface area (Å²) >= 11 is 4.19. The number of fused-ring (bicyclic) bond motifs is 2. The van der Waals surface area contributed by atoms with Crippen molar-refractivity contribution in [1.29, 1.82) is 0 Å². The highest BCUT2D eigenvalue weighted by molar-refractivity contribution is 7.80. The van der Waals surface area contributed by atoms with Crippen molar-refractivity contribution in [3.05, 3.63) is 42.5 Å². The molecule has 0 unspecified atom stereocenters. The molecule has 2 nitrogen and oxygen atoms in total. The Hall–Kier alpha value is -1.74. The van der Waals surface area contributed by atoms with E-state index < -0.39 is 0 Å². The highest BCUT2D eigenvalue weighted by atomic mass is 32.1. The summed E-state index contributed by atoms with van der Waals surface area (Å²) in [7, 11) is 0. The number of thiol groups is 1. The first kappa shape index (κ1) is 9.48. The number of para-hydroxylation sites is 1. The molecule has 3 heteroatoms. The molecular weight excluding hydrogens is 218 g/mol. The van der Waals surface area contributed by atoms with Crippen LogP contribution in [0.15, 0.2) is 47.4 Å². The molecule has 0 saturated carbocycles. The predicted octanol–water partition coefficient (Wildman–Crippen LogP) is 3.38. The van der Waals surface area contributed by atoms with E-state index in [1.165, 1.54) is 0 Å². The molecule has 1 heterocycles. The number of aromatic nitrogens is 1. The summed E-state index contributed by atoms with van der Waals surface area (Å²) in [5.74, 6) is 0.194. The number of phenolic OH excluding ortho intramolecular Hbond substituents is 1. The normalized spacial score (nSPS) is 11.1. The van der Waals surface area contributed by atoms with Crippen molar-refractivity contribution in [3.8, 4) is 5.75 Å². The number of aromatic hydroxyl groups is 1. The first-order valence-electron chi connectivity index (χ1n) is 4.96. The Balaban J connectivity index is 2.51. The van der Waals surface area contributed by atoms with Crippen LogP contribution in [0.3, 0.4) is 0 Å². The lowest BCUT2D eigenvalue weighted by atomic mass is 10.1. The van der Waals surface area contributed by atoms with Gasteiger partial charge in [0.05, 0.1) is 11.0 Å². The van der Waals surface area contributed by atoms with Gasteiger partial charge in [-0.2, -0.15) is 0 Å². The molecule has 0 atom stereocenters. The van der Waals surface area contributed by atoms with Crippen molar-refractivity contribution in [2.45, 2.75) is 4.90 Å². The Labute approximate surface area is 98.0 Å². The van der Waals surface area contributed by atoms with Gasteiger partial charge in [-0.3, -0.25) is 0 Å². The van der Waals surface area contributed by atoms with Crippen LogP contribution in [-0.2, 0) is 0 Å². The SMILES string of the molecule is Oc1c(S)ccc2nc3ccccc3cc12. The lowest BCUT2D eigenvalue weighted by Gasteiger charge is -2.05. The number of hydrogen-bond donors (Lipinski definition) is 2. The molecule has 0 radical (unpaired) electrons. The Kier molecular flexibility index (Phi) is 2.01. The Morgan fingerprint density at radius 2 is 1.81 bits per heavy atom. The third-order valence-corrected chi connectivity index (χ3v) is 3.01. The van der Waals surface area contributed by atoms with Crippen LogP contribution >= 0.6 is 12.6 Å². The highest BCUT2D eigenvalue weighted by Gasteiger charge is 2.05. The van der Waals surface area contributed by atoms with E-state index in [-0.39, 0.29) is 5.75 Å². The van der Waals surface area contributed by atoms with Crippen LogP contribution < -0.4 is 0 Å². The molecule has 0 aliphatic heterocycles. The maximum absolute atomic E-state index is 9.90. The number of pyridine rings is 1. The van der Waals surface area contributed by atoms with Crippen LogP contribution in [0.1, 0.15) is 0 Å². The number of rotatable bonds is 0. The zero-order valence-corrected chi connectivity index (χ0v) is 9.28. The second-order valence-electron chi connectivity index (χ2n) is 3.68. The van der Waals surface area contributed by atoms with Crippen LogP contribution in [0, 0.1) is 0 Å². The molecule has 0 spiro atoms. The summed E-state index contributed by atoms with van der Waals surface area (Å²) in [4.78, 5) is 5.06. The number of nitrogens with zero attached hydrogens (tertiary/aromatic N) is 1. The van der Waals surface area contributed by atoms with E-state index in [0.717, 1.165) is 21.8 Å². The van der Waals surface area contributed by atoms with E-state index in [4.69, 9.17) is 0 Å². The van der Waals surface area contributed by atoms with E-state index >= 15 is 0 Å². The fourth-order valence-electron chi connectivity index (χ4n) is 1.82. The molecule has 78 valence electrons. The number of benzene rings is 2. The minimum atomic E-state index is 0.194. The average Bonchev–Trinajstić information content (AvgIpc) is 2.32. The largest absolute Gasteiger partial charge is 0.506 e. The number of phenols is 1. The van der Waals surface area contributed by atoms with E-state index in [9.17, 15) is 5.11 Å². The number of hydrogen-bond acceptors (Lipinski definition) is 3. The quantitative estimate of drug-likeness (QED) is 0.456. The molecule has 3 rings (SSSR count). The van der Waals surface area contributed by atoms with Gasteiger partial charge in [0.1, 0.15) is 5.75 Å². The summed E-state index contributed by atoms with van der Waals surface area (Å²) in [5.41, 5.74) is 1.72. The Morgan fingerprint density at radius 3 is 2.69 bits per heavy atom. The molecule has 0 aliphatic carbocycles. The fraction of sp³-hybridized carbons (Fsp3) is 0. The second-order valence-corrected chi connectivity index (χ2v) is 4.16. The molecule has 0 bridgehead atoms. The van der Waals surface area contributed by atoms with E-state index in [0.29, 0.717) is 4.90 Å². The third-order valence-electron chi connectivity index (χ3n) is 2.65. The van der Waals surface area contributed by atoms with Gasteiger partial charge in [0.2, 0.25) is 0 Å². The van der Waals surface area contributed by atoms with Gasteiger partial charge in [-0.15, -0.1) is 12.6 Å². The molecule has 0 fully saturated rings. The average molecular weight is 227 g/mol. The van der Waals surface area contributed by atoms with Crippen LogP contribution in [0.5, 0.6) is 5.75 Å². The van der Waals surface area contributed by atoms with Crippen molar-refractivity contribution >= 4 is 34.4 Å². The van der Waals surface area contributed by atoms with Gasteiger partial charge in [-0.25, -0.2) is 4.98 Å². The van der Waals surface area contributed by atoms with Crippen molar-refractivity contribution in [1.82, 2.24) is 4.98 Å². The van der Waals surface area contributed by atoms with Crippen molar-refractivity contribution < 1.29 is 5.11 Å². The molecule has 0 aliphatic rings. The van der Waals surface area contributed by atoms with Crippen LogP contribution in [0.25, 0.3) is 21.8 Å². The minimum Gasteiger partial charge on any atom is -0.506 e. The summed E-state index contributed by atoms with van der Waals surface area (Å²) in [6, 6.07) is 13.4. The molecule has 1 N–H and O–H groups in total. The van der Waals surface area contributed by atoms with Crippen LogP contribution in [0.4, 0.5) is 0 Å². The summed E-state index contributed by atoms with van der Waals surface area (Å²) in [5, 5.41) is 11.7. The zero-order chi connectivity index (χ0) is 11.1. The minimum absolute atomic E-state index is 0.194. The van der Waals surface area contributed by atoms with Crippen LogP contribution in [-0.4, -0.2) is 10.1 Å². The first-order valence-corrected chi connectivity index (χ1v) is 5.41. The van der Waals surface area contributed by atoms with Crippen LogP contribution in [0.2, 0.25) is 0 Å². The molecule has 0 amide bonds. The van der Waals surface area contributed by atoms with E-state index in [2.05, 4.69) is 17.6 Å². The fourth-order valence-corrected chi connectivity index (χ4v) is 2.02. The Morgan fingerprint density at radius 1 is 1.00 bits per heavy atom. The lowest BCUT2D eigenvalue weighted by molar-refractivity contribution is 0.469. The first-order chi connectivity index (χ1) is 7.75. The third kappa shape index (κ3) is 1.32. The molecule has 2 aromatic carbocycles. The predicted molar refractivity (Wildman–Crippen MR) is 68.2 cm³/mol. The summed E-state index contributed by atoms with van der Waals surface area (Å²) in [6.07, 6.45) is 0. The zero-order valence-electron chi connectivity index (χ0n) is 8.38. The van der Waals surface area contributed by atoms with Gasteiger partial charge in [-0.05, 0) is 24.3 Å². The van der Waals surface area contributed by atoms with Gasteiger partial charge in [0.25, 0.3) is 0 Å². The molecular formula is C13H9NOS. The summed E-state index contributed by atoms with van der Waals surface area (Å²) < 4.78 is 0. The molecule has 3 aromatic rings. The van der Waals surface area contributed by atoms with Crippen molar-refractivity contribution in [2.75, 3.05) is 0 Å². The van der Waals surface area contributed by atoms with E-state index in [1.54, 1.807) is 6.07 Å². The molecule has 0 saturated heterocycles. The van der Waals surface area contributed by atoms with Gasteiger partial charge in [0, 0.05) is 15.7 Å². The van der Waals surface area contributed by atoms with Gasteiger partial charge in [-0.1, -0.05) is 18.2 Å². The Bertz CT molecular complexity index is 694. The van der Waals surface area contributed by atoms with E-state index in [1.807, 2.05) is 36.4 Å². The summed E-state index contributed by atoms with van der Waals surface area (Å²) in [6.45, 7) is 0. The lowest BCUT2D eigenvalue weighted by Crippen LogP contribution is -1.83. The topological polar surface area (TPSA) is 33.1 Å². The van der Waals surface area contributed by atoms with Crippen molar-refractivity contribution in [2.24, 2.45) is 0 Å². The standard InChI is InChI=1S/C13H9NOS/c15-13-9-7-8-3-1-2-4-10(8)14-11(9)5-6-12(13)16/h1-7,15-16H. The van der Waals surface area contributed by atoms with Gasteiger partial charge < -0.3 is 5.11 Å². The van der Waals surface area contributed by atoms with Gasteiger partial charge >= 0.3 is 0 Å². The molecule has 1 aromatic heterocycles. The molecule has 16 heavy (non-hydrogen) atoms. The second kappa shape index (κ2) is 3.39. The maximum atomic E-state index is 9.90. The maximum Gasteiger partial charge on any atom is 0.138 e.